The van der Waals surface area contributed by atoms with Crippen molar-refractivity contribution in [2.45, 2.75) is 40.2 Å². The SMILES string of the molecule is CCOC(=O)N(COCCCS(=O)(=O)N[C@H](C)c1ccc(F)c(OCC(C)C)c1)CC(N)=O. The van der Waals surface area contributed by atoms with Crippen molar-refractivity contribution in [1.82, 2.24) is 9.62 Å². The first kappa shape index (κ1) is 28.6. The highest BCUT2D eigenvalue weighted by molar-refractivity contribution is 7.89. The molecule has 0 aliphatic heterocycles. The Hall–Kier alpha value is -2.44. The summed E-state index contributed by atoms with van der Waals surface area (Å²) < 4.78 is 56.8. The van der Waals surface area contributed by atoms with Crippen molar-refractivity contribution in [2.24, 2.45) is 11.7 Å². The Morgan fingerprint density at radius 1 is 1.24 bits per heavy atom. The Morgan fingerprint density at radius 3 is 2.55 bits per heavy atom. The highest BCUT2D eigenvalue weighted by Gasteiger charge is 2.19. The molecule has 12 heteroatoms. The number of amides is 2. The lowest BCUT2D eigenvalue weighted by Crippen LogP contribution is -2.40. The van der Waals surface area contributed by atoms with Gasteiger partial charge in [-0.15, -0.1) is 0 Å². The van der Waals surface area contributed by atoms with Crippen LogP contribution in [0.1, 0.15) is 45.7 Å². The van der Waals surface area contributed by atoms with Gasteiger partial charge < -0.3 is 19.9 Å². The highest BCUT2D eigenvalue weighted by atomic mass is 32.2. The summed E-state index contributed by atoms with van der Waals surface area (Å²) in [5.41, 5.74) is 5.66. The van der Waals surface area contributed by atoms with E-state index >= 15 is 0 Å². The molecule has 1 rings (SSSR count). The van der Waals surface area contributed by atoms with E-state index in [2.05, 4.69) is 4.72 Å². The van der Waals surface area contributed by atoms with Gasteiger partial charge in [0.25, 0.3) is 0 Å². The third-order valence-corrected chi connectivity index (χ3v) is 5.74. The number of nitrogens with one attached hydrogen (secondary N) is 1. The van der Waals surface area contributed by atoms with Gasteiger partial charge in [0.2, 0.25) is 15.9 Å². The minimum Gasteiger partial charge on any atom is -0.490 e. The maximum absolute atomic E-state index is 13.9. The van der Waals surface area contributed by atoms with Crippen LogP contribution < -0.4 is 15.2 Å². The van der Waals surface area contributed by atoms with E-state index in [1.165, 1.54) is 18.2 Å². The van der Waals surface area contributed by atoms with E-state index in [0.717, 1.165) is 4.90 Å². The number of halogens is 1. The first-order chi connectivity index (χ1) is 15.4. The highest BCUT2D eigenvalue weighted by Crippen LogP contribution is 2.24. The molecule has 2 amide bonds. The smallest absolute Gasteiger partial charge is 0.412 e. The summed E-state index contributed by atoms with van der Waals surface area (Å²) in [5.74, 6) is -1.19. The largest absolute Gasteiger partial charge is 0.490 e. The normalized spacial score (nSPS) is 12.4. The molecular weight excluding hydrogens is 457 g/mol. The van der Waals surface area contributed by atoms with Crippen molar-refractivity contribution < 1.29 is 36.6 Å². The van der Waals surface area contributed by atoms with Gasteiger partial charge in [0.1, 0.15) is 13.3 Å². The van der Waals surface area contributed by atoms with Gasteiger partial charge >= 0.3 is 6.09 Å². The van der Waals surface area contributed by atoms with Gasteiger partial charge in [0.15, 0.2) is 11.6 Å². The third kappa shape index (κ3) is 11.3. The number of hydrogen-bond acceptors (Lipinski definition) is 7. The average molecular weight is 492 g/mol. The Balaban J connectivity index is 2.55. The molecule has 0 spiro atoms. The Kier molecular flexibility index (Phi) is 12.1. The molecule has 0 aliphatic rings. The zero-order chi connectivity index (χ0) is 25.0. The Labute approximate surface area is 194 Å². The molecular formula is C21H34FN3O7S. The van der Waals surface area contributed by atoms with Gasteiger partial charge in [-0.3, -0.25) is 9.69 Å². The topological polar surface area (TPSA) is 137 Å². The molecule has 33 heavy (non-hydrogen) atoms. The van der Waals surface area contributed by atoms with Crippen LogP contribution in [0.5, 0.6) is 5.75 Å². The summed E-state index contributed by atoms with van der Waals surface area (Å²) >= 11 is 0. The van der Waals surface area contributed by atoms with Crippen LogP contribution in [0, 0.1) is 11.7 Å². The van der Waals surface area contributed by atoms with Crippen LogP contribution in [0.3, 0.4) is 0 Å². The predicted molar refractivity (Wildman–Crippen MR) is 120 cm³/mol. The van der Waals surface area contributed by atoms with Crippen molar-refractivity contribution in [3.63, 3.8) is 0 Å². The van der Waals surface area contributed by atoms with Crippen LogP contribution in [0.15, 0.2) is 18.2 Å². The number of sulfonamides is 1. The fraction of sp³-hybridized carbons (Fsp3) is 0.619. The minimum absolute atomic E-state index is 0.0215. The third-order valence-electron chi connectivity index (χ3n) is 4.21. The van der Waals surface area contributed by atoms with Gasteiger partial charge in [-0.05, 0) is 43.9 Å². The van der Waals surface area contributed by atoms with Gasteiger partial charge in [-0.2, -0.15) is 0 Å². The summed E-state index contributed by atoms with van der Waals surface area (Å²) in [5, 5.41) is 0. The van der Waals surface area contributed by atoms with Gasteiger partial charge in [0.05, 0.1) is 19.0 Å². The zero-order valence-corrected chi connectivity index (χ0v) is 20.3. The molecule has 0 aromatic heterocycles. The molecule has 0 unspecified atom stereocenters. The molecule has 188 valence electrons. The van der Waals surface area contributed by atoms with E-state index in [1.807, 2.05) is 13.8 Å². The number of nitrogens with two attached hydrogens (primary N) is 1. The van der Waals surface area contributed by atoms with E-state index < -0.39 is 33.9 Å². The van der Waals surface area contributed by atoms with Crippen molar-refractivity contribution in [3.8, 4) is 5.75 Å². The Morgan fingerprint density at radius 2 is 1.94 bits per heavy atom. The molecule has 0 radical (unpaired) electrons. The molecule has 0 bridgehead atoms. The first-order valence-corrected chi connectivity index (χ1v) is 12.3. The lowest BCUT2D eigenvalue weighted by atomic mass is 10.1. The van der Waals surface area contributed by atoms with Gasteiger partial charge in [-0.25, -0.2) is 22.3 Å². The maximum atomic E-state index is 13.9. The van der Waals surface area contributed by atoms with E-state index in [9.17, 15) is 22.4 Å². The molecule has 10 nitrogen and oxygen atoms in total. The molecule has 1 aromatic carbocycles. The summed E-state index contributed by atoms with van der Waals surface area (Å²) in [7, 11) is -3.67. The zero-order valence-electron chi connectivity index (χ0n) is 19.5. The van der Waals surface area contributed by atoms with Crippen molar-refractivity contribution in [2.75, 3.05) is 38.8 Å². The summed E-state index contributed by atoms with van der Waals surface area (Å²) in [6.07, 6.45) is -0.614. The number of rotatable bonds is 15. The van der Waals surface area contributed by atoms with Crippen LogP contribution in [0.25, 0.3) is 0 Å². The number of nitrogens with zero attached hydrogens (tertiary/aromatic N) is 1. The van der Waals surface area contributed by atoms with Gasteiger partial charge in [-0.1, -0.05) is 19.9 Å². The molecule has 1 aromatic rings. The molecule has 1 atom stereocenters. The van der Waals surface area contributed by atoms with Crippen molar-refractivity contribution in [1.29, 1.82) is 0 Å². The van der Waals surface area contributed by atoms with E-state index in [0.29, 0.717) is 12.2 Å². The second kappa shape index (κ2) is 14.0. The fourth-order valence-electron chi connectivity index (χ4n) is 2.64. The number of benzene rings is 1. The monoisotopic (exact) mass is 491 g/mol. The second-order valence-corrected chi connectivity index (χ2v) is 9.68. The summed E-state index contributed by atoms with van der Waals surface area (Å²) in [6.45, 7) is 6.98. The number of carbonyl (C=O) groups is 2. The first-order valence-electron chi connectivity index (χ1n) is 10.6. The molecule has 0 heterocycles. The van der Waals surface area contributed by atoms with Crippen LogP contribution in [0.4, 0.5) is 9.18 Å². The second-order valence-electron chi connectivity index (χ2n) is 7.81. The lowest BCUT2D eigenvalue weighted by molar-refractivity contribution is -0.120. The number of primary amides is 1. The number of hydrogen-bond donors (Lipinski definition) is 2. The molecule has 0 saturated carbocycles. The summed E-state index contributed by atoms with van der Waals surface area (Å²) in [6, 6.07) is 3.62. The van der Waals surface area contributed by atoms with Crippen LogP contribution in [0.2, 0.25) is 0 Å². The fourth-order valence-corrected chi connectivity index (χ4v) is 3.93. The standard InChI is InChI=1S/C21H34FN3O7S/c1-5-31-21(27)25(12-20(23)26)14-30-9-6-10-33(28,29)24-16(4)17-7-8-18(22)19(11-17)32-13-15(2)3/h7-8,11,15-16,24H,5-6,9-10,12-14H2,1-4H3,(H2,23,26)/t16-/m1/s1. The van der Waals surface area contributed by atoms with Crippen molar-refractivity contribution >= 4 is 22.0 Å². The number of carbonyl (C=O) groups excluding carboxylic acids is 2. The van der Waals surface area contributed by atoms with Gasteiger partial charge in [0, 0.05) is 12.6 Å². The molecule has 3 N–H and O–H groups in total. The predicted octanol–water partition coefficient (Wildman–Crippen LogP) is 2.15. The van der Waals surface area contributed by atoms with Crippen molar-refractivity contribution in [3.05, 3.63) is 29.6 Å². The minimum atomic E-state index is -3.67. The molecule has 0 saturated heterocycles. The van der Waals surface area contributed by atoms with E-state index in [4.69, 9.17) is 19.9 Å². The lowest BCUT2D eigenvalue weighted by Gasteiger charge is -2.20. The average Bonchev–Trinajstić information content (AvgIpc) is 2.71. The van der Waals surface area contributed by atoms with E-state index in [1.54, 1.807) is 13.8 Å². The Bertz CT molecular complexity index is 881. The summed E-state index contributed by atoms with van der Waals surface area (Å²) in [4.78, 5) is 23.8. The van der Waals surface area contributed by atoms with Crippen LogP contribution >= 0.6 is 0 Å². The number of ether oxygens (including phenoxy) is 3. The quantitative estimate of drug-likeness (QED) is 0.283. The van der Waals surface area contributed by atoms with E-state index in [-0.39, 0.29) is 50.3 Å². The van der Waals surface area contributed by atoms with Crippen LogP contribution in [-0.4, -0.2) is 64.2 Å². The maximum Gasteiger partial charge on any atom is 0.412 e. The molecule has 0 aliphatic carbocycles. The molecule has 0 fully saturated rings. The van der Waals surface area contributed by atoms with Crippen LogP contribution in [-0.2, 0) is 24.3 Å².